The van der Waals surface area contributed by atoms with Gasteiger partial charge in [-0.1, -0.05) is 167 Å². The van der Waals surface area contributed by atoms with E-state index in [1.807, 2.05) is 0 Å². The molecule has 24 N–H and O–H groups in total. The second kappa shape index (κ2) is 56.5. The molecule has 0 bridgehead atoms. The zero-order valence-electron chi connectivity index (χ0n) is 71.3. The molecule has 44 heteroatoms. The highest BCUT2D eigenvalue weighted by atomic mass is 31.2. The number of rotatable bonds is 57. The van der Waals surface area contributed by atoms with Crippen molar-refractivity contribution in [2.75, 3.05) is 52.9 Å². The molecule has 7 aliphatic rings. The van der Waals surface area contributed by atoms with Crippen LogP contribution in [0.25, 0.3) is 0 Å². The summed E-state index contributed by atoms with van der Waals surface area (Å²) < 4.78 is 104. The minimum atomic E-state index is -5.89. The Morgan fingerprint density at radius 2 is 0.576 bits per heavy atom. The summed E-state index contributed by atoms with van der Waals surface area (Å²) in [5.41, 5.74) is 0. The van der Waals surface area contributed by atoms with Crippen molar-refractivity contribution in [2.45, 2.75) is 433 Å². The van der Waals surface area contributed by atoms with Crippen LogP contribution < -0.4 is 0 Å². The number of allylic oxidation sites excluding steroid dienone is 2. The SMILES string of the molecule is CCCCCCCC/C=C\CCCCCCCC(=O)OC[C@H](COP(=O)(O)O[C@@H]1C(O[C@@H]2OC(CO[C@@H]3OC(CO[C@@H]4OC(CO[C@@H]5OC(CO[C@@H]6OC(CO)[C@H](O)C(O)[C@@H]6O)[C@H](O)C(O)[C@@H]5O)[C@H](O)C(O)[C@@H]4O)[C@H](O)C(O)[C@@H]3O)[C@H](O)C(O)[C@@H]2O)C(O)[C@@H](O)C(O)[C@H]1O[C@H]1OC(CO)[C@@H](O)C(O)[C@H]1O)OC(=O)CCCCCCCCCCCCCCCCC. The zero-order valence-corrected chi connectivity index (χ0v) is 72.2. The van der Waals surface area contributed by atoms with Gasteiger partial charge < -0.3 is 189 Å². The molecule has 0 aromatic heterocycles. The Morgan fingerprint density at radius 1 is 0.312 bits per heavy atom. The van der Waals surface area contributed by atoms with Crippen LogP contribution in [-0.4, -0.2) is 414 Å². The number of carbonyl (C=O) groups excluding carboxylic acids is 2. The number of esters is 2. The van der Waals surface area contributed by atoms with Crippen LogP contribution in [0.4, 0.5) is 0 Å². The highest BCUT2D eigenvalue weighted by molar-refractivity contribution is 7.47. The average Bonchev–Trinajstić information content (AvgIpc) is 0.755. The summed E-state index contributed by atoms with van der Waals surface area (Å²) in [5, 5.41) is 251. The quantitative estimate of drug-likeness (QED) is 0.0119. The molecule has 16 unspecified atom stereocenters. The van der Waals surface area contributed by atoms with Crippen molar-refractivity contribution in [2.24, 2.45) is 0 Å². The van der Waals surface area contributed by atoms with Gasteiger partial charge in [0.25, 0.3) is 0 Å². The number of carbonyl (C=O) groups is 2. The Labute approximate surface area is 727 Å². The second-order valence-electron chi connectivity index (χ2n) is 33.6. The number of aliphatic hydroxyl groups excluding tert-OH is 23. The van der Waals surface area contributed by atoms with E-state index < -0.39 is 300 Å². The summed E-state index contributed by atoms with van der Waals surface area (Å²) in [4.78, 5) is 38.5. The maximum atomic E-state index is 14.5. The molecule has 0 aromatic carbocycles. The summed E-state index contributed by atoms with van der Waals surface area (Å²) in [6, 6.07) is 0. The molecule has 6 aliphatic heterocycles. The monoisotopic (exact) mass is 1840 g/mol. The van der Waals surface area contributed by atoms with E-state index in [1.165, 1.54) is 83.5 Å². The van der Waals surface area contributed by atoms with E-state index in [2.05, 4.69) is 26.0 Å². The Hall–Kier alpha value is -2.61. The van der Waals surface area contributed by atoms with Gasteiger partial charge >= 0.3 is 19.8 Å². The van der Waals surface area contributed by atoms with Crippen LogP contribution in [-0.2, 0) is 89.5 Å². The van der Waals surface area contributed by atoms with Gasteiger partial charge in [0.05, 0.1) is 46.2 Å². The molecule has 7 rings (SSSR count). The molecular formula is C81H145O43P. The van der Waals surface area contributed by atoms with Gasteiger partial charge in [0.1, 0.15) is 190 Å². The number of phosphoric ester groups is 1. The molecule has 0 spiro atoms. The number of hydrogen-bond donors (Lipinski definition) is 24. The van der Waals surface area contributed by atoms with Gasteiger partial charge in [-0.3, -0.25) is 18.6 Å². The Balaban J connectivity index is 0.998. The molecule has 38 atom stereocenters. The number of phosphoric acid groups is 1. The minimum absolute atomic E-state index is 0.0408. The molecule has 0 amide bonds. The molecule has 6 saturated heterocycles. The summed E-state index contributed by atoms with van der Waals surface area (Å²) in [6.45, 7) is -2.90. The van der Waals surface area contributed by atoms with E-state index in [9.17, 15) is 136 Å². The molecular weight excluding hydrogens is 1690 g/mol. The molecule has 1 saturated carbocycles. The molecule has 125 heavy (non-hydrogen) atoms. The lowest BCUT2D eigenvalue weighted by Crippen LogP contribution is -2.69. The van der Waals surface area contributed by atoms with Crippen molar-refractivity contribution in [1.82, 2.24) is 0 Å². The van der Waals surface area contributed by atoms with Crippen molar-refractivity contribution >= 4 is 19.8 Å². The van der Waals surface area contributed by atoms with Crippen molar-refractivity contribution in [3.8, 4) is 0 Å². The van der Waals surface area contributed by atoms with Gasteiger partial charge in [0.15, 0.2) is 43.8 Å². The van der Waals surface area contributed by atoms with Gasteiger partial charge in [-0.2, -0.15) is 0 Å². The maximum Gasteiger partial charge on any atom is 0.472 e. The lowest BCUT2D eigenvalue weighted by Gasteiger charge is -2.49. The van der Waals surface area contributed by atoms with E-state index in [0.717, 1.165) is 70.6 Å². The molecule has 7 fully saturated rings. The first-order chi connectivity index (χ1) is 59.7. The van der Waals surface area contributed by atoms with E-state index >= 15 is 0 Å². The molecule has 0 aromatic rings. The average molecular weight is 1840 g/mol. The number of aliphatic hydroxyl groups is 23. The maximum absolute atomic E-state index is 14.5. The van der Waals surface area contributed by atoms with Crippen molar-refractivity contribution in [1.29, 1.82) is 0 Å². The van der Waals surface area contributed by atoms with Crippen LogP contribution in [0.15, 0.2) is 12.2 Å². The standard InChI is InChI=1S/C81H145O43P/c1-3-5-7-9-11-13-15-17-19-21-23-25-27-29-31-33-50(84)109-37-43(115-51(85)34-32-30-28-26-24-22-20-18-16-14-12-10-8-6-4-2)38-114-125(107,108)124-75-73(122-80-71(105)59(93)53(87)45(36-83)117-80)65(99)64(98)66(100)74(75)123-81-72(106)63(97)57(91)49(121-81)42-113-79-70(104)62(96)56(90)48(120-79)41-112-78-69(103)61(95)55(89)47(119-78)40-111-77-68(102)60(94)54(88)46(118-77)39-110-76-67(101)58(92)52(86)44(35-82)116-76/h17,19,43-49,52-83,86-106H,3-16,18,20-42H2,1-2H3,(H,107,108)/b19-17-/t43-,44?,45?,46?,47?,48?,49?,52+,53-,54+,55+,56+,57+,58?,59?,60?,61?,62?,63?,64+,65?,66?,67+,68+,69+,70+,71-,72+,73-,74?,75+,76-,77-,78-,79-,80-,81+/m1/s1. The minimum Gasteiger partial charge on any atom is -0.462 e. The van der Waals surface area contributed by atoms with E-state index in [4.69, 9.17) is 75.4 Å². The van der Waals surface area contributed by atoms with Gasteiger partial charge in [0, 0.05) is 12.8 Å². The van der Waals surface area contributed by atoms with Gasteiger partial charge in [-0.15, -0.1) is 0 Å². The predicted molar refractivity (Wildman–Crippen MR) is 426 cm³/mol. The molecule has 43 nitrogen and oxygen atoms in total. The fourth-order valence-corrected chi connectivity index (χ4v) is 16.7. The molecule has 0 radical (unpaired) electrons. The third kappa shape index (κ3) is 33.5. The number of ether oxygens (including phenoxy) is 14. The van der Waals surface area contributed by atoms with Gasteiger partial charge in [-0.05, 0) is 38.5 Å². The van der Waals surface area contributed by atoms with Crippen molar-refractivity contribution < 1.29 is 212 Å². The molecule has 1 aliphatic carbocycles. The van der Waals surface area contributed by atoms with Gasteiger partial charge in [0.2, 0.25) is 0 Å². The molecule has 6 heterocycles. The van der Waals surface area contributed by atoms with Crippen LogP contribution in [0.5, 0.6) is 0 Å². The first kappa shape index (κ1) is 109. The fraction of sp³-hybridized carbons (Fsp3) is 0.951. The zero-order chi connectivity index (χ0) is 91.6. The predicted octanol–water partition coefficient (Wildman–Crippen LogP) is -3.99. The number of unbranched alkanes of at least 4 members (excludes halogenated alkanes) is 25. The van der Waals surface area contributed by atoms with Gasteiger partial charge in [-0.25, -0.2) is 4.57 Å². The highest BCUT2D eigenvalue weighted by Gasteiger charge is 2.60. The molecule has 732 valence electrons. The van der Waals surface area contributed by atoms with Crippen LogP contribution in [0.1, 0.15) is 206 Å². The van der Waals surface area contributed by atoms with Crippen molar-refractivity contribution in [3.63, 3.8) is 0 Å². The van der Waals surface area contributed by atoms with E-state index in [0.29, 0.717) is 25.7 Å². The Bertz CT molecular complexity index is 3010. The Morgan fingerprint density at radius 3 is 0.904 bits per heavy atom. The van der Waals surface area contributed by atoms with E-state index in [-0.39, 0.29) is 12.8 Å². The summed E-state index contributed by atoms with van der Waals surface area (Å²) >= 11 is 0. The summed E-state index contributed by atoms with van der Waals surface area (Å²) in [6.07, 6.45) is -43.7. The summed E-state index contributed by atoms with van der Waals surface area (Å²) in [5.74, 6) is -1.50. The lowest BCUT2D eigenvalue weighted by molar-refractivity contribution is -0.365. The highest BCUT2D eigenvalue weighted by Crippen LogP contribution is 2.49. The largest absolute Gasteiger partial charge is 0.472 e. The van der Waals surface area contributed by atoms with Crippen LogP contribution in [0.2, 0.25) is 0 Å². The normalized spacial score (nSPS) is 39.2. The Kier molecular flexibility index (Phi) is 49.5. The fourth-order valence-electron chi connectivity index (χ4n) is 15.8. The summed E-state index contributed by atoms with van der Waals surface area (Å²) in [7, 11) is -5.89. The topological polar surface area (TPSA) is 684 Å². The smallest absolute Gasteiger partial charge is 0.462 e. The first-order valence-electron chi connectivity index (χ1n) is 44.6. The van der Waals surface area contributed by atoms with Crippen LogP contribution in [0.3, 0.4) is 0 Å². The third-order valence-electron chi connectivity index (χ3n) is 23.7. The van der Waals surface area contributed by atoms with Crippen LogP contribution >= 0.6 is 7.82 Å². The van der Waals surface area contributed by atoms with Crippen LogP contribution in [0, 0.1) is 0 Å². The second-order valence-corrected chi connectivity index (χ2v) is 35.0. The van der Waals surface area contributed by atoms with E-state index in [1.54, 1.807) is 0 Å². The first-order valence-corrected chi connectivity index (χ1v) is 46.1. The number of hydrogen-bond acceptors (Lipinski definition) is 42. The third-order valence-corrected chi connectivity index (χ3v) is 24.7. The lowest BCUT2D eigenvalue weighted by atomic mass is 9.84. The van der Waals surface area contributed by atoms with Crippen molar-refractivity contribution in [3.05, 3.63) is 12.2 Å².